The molecule has 3 rings (SSSR count). The Bertz CT molecular complexity index is 1130. The molecule has 0 saturated heterocycles. The first-order chi connectivity index (χ1) is 16.8. The van der Waals surface area contributed by atoms with E-state index in [1.165, 1.54) is 32.4 Å². The molecule has 0 spiro atoms. The van der Waals surface area contributed by atoms with Crippen molar-refractivity contribution in [2.45, 2.75) is 45.3 Å². The van der Waals surface area contributed by atoms with E-state index in [-0.39, 0.29) is 23.6 Å². The molecule has 1 heterocycles. The largest absolute Gasteiger partial charge is 0.494 e. The fourth-order valence-corrected chi connectivity index (χ4v) is 3.49. The molecule has 1 aromatic carbocycles. The van der Waals surface area contributed by atoms with Crippen molar-refractivity contribution in [3.8, 4) is 17.0 Å². The molecule has 1 saturated carbocycles. The monoisotopic (exact) mass is 504 g/mol. The summed E-state index contributed by atoms with van der Waals surface area (Å²) in [5, 5.41) is 13.3. The van der Waals surface area contributed by atoms with Crippen LogP contribution in [0, 0.1) is 5.82 Å². The number of carbonyl (C=O) groups excluding carboxylic acids is 1. The smallest absolute Gasteiger partial charge is 0.247 e. The number of nitrogens with zero attached hydrogens (tertiary/aromatic N) is 1. The van der Waals surface area contributed by atoms with E-state index >= 15 is 0 Å². The molecule has 0 bridgehead atoms. The first-order valence-corrected chi connectivity index (χ1v) is 11.7. The fourth-order valence-electron chi connectivity index (χ4n) is 3.31. The van der Waals surface area contributed by atoms with Gasteiger partial charge in [0, 0.05) is 24.1 Å². The summed E-state index contributed by atoms with van der Waals surface area (Å²) in [7, 11) is 3.02. The van der Waals surface area contributed by atoms with Gasteiger partial charge in [0.1, 0.15) is 29.1 Å². The number of rotatable bonds is 11. The average molecular weight is 505 g/mol. The number of ether oxygens (including phenoxy) is 3. The summed E-state index contributed by atoms with van der Waals surface area (Å²) in [5.74, 6) is 0.739. The van der Waals surface area contributed by atoms with E-state index in [9.17, 15) is 14.3 Å². The second-order valence-corrected chi connectivity index (χ2v) is 8.54. The highest BCUT2D eigenvalue weighted by atomic mass is 35.5. The lowest BCUT2D eigenvalue weighted by molar-refractivity contribution is -0.117. The van der Waals surface area contributed by atoms with Gasteiger partial charge in [-0.2, -0.15) is 0 Å². The third kappa shape index (κ3) is 6.96. The SMILES string of the molecule is CCC(OC1CC1)=C(C=C(C)C(=O)NCC(O)c1ccc(OC)c(-c2ccc(F)c(Cl)c2)n1)OC. The van der Waals surface area contributed by atoms with Crippen LogP contribution < -0.4 is 10.1 Å². The molecule has 35 heavy (non-hydrogen) atoms. The number of halogens is 2. The number of hydrogen-bond donors (Lipinski definition) is 2. The zero-order chi connectivity index (χ0) is 25.5. The number of hydrogen-bond acceptors (Lipinski definition) is 6. The van der Waals surface area contributed by atoms with Crippen LogP contribution in [0.1, 0.15) is 44.9 Å². The van der Waals surface area contributed by atoms with Gasteiger partial charge < -0.3 is 24.6 Å². The third-order valence-electron chi connectivity index (χ3n) is 5.45. The van der Waals surface area contributed by atoms with Gasteiger partial charge in [-0.3, -0.25) is 4.79 Å². The first-order valence-electron chi connectivity index (χ1n) is 11.4. The molecule has 1 atom stereocenters. The van der Waals surface area contributed by atoms with Gasteiger partial charge in [-0.05, 0) is 56.2 Å². The Hall–Kier alpha value is -3.10. The number of nitrogens with one attached hydrogen (secondary N) is 1. The second-order valence-electron chi connectivity index (χ2n) is 8.13. The Balaban J connectivity index is 1.72. The van der Waals surface area contributed by atoms with Gasteiger partial charge in [0.15, 0.2) is 5.76 Å². The van der Waals surface area contributed by atoms with Crippen molar-refractivity contribution < 1.29 is 28.5 Å². The standard InChI is InChI=1S/C26H30ClFN2O5/c1-5-22(35-17-7-8-17)24(34-4)12-15(2)26(32)29-14-21(31)20-10-11-23(33-3)25(30-20)16-6-9-19(28)18(27)13-16/h6,9-13,17,21,31H,5,7-8,14H2,1-4H3,(H,29,32). The molecule has 9 heteroatoms. The topological polar surface area (TPSA) is 89.9 Å². The first kappa shape index (κ1) is 26.5. The van der Waals surface area contributed by atoms with Crippen molar-refractivity contribution in [2.75, 3.05) is 20.8 Å². The summed E-state index contributed by atoms with van der Waals surface area (Å²) in [6.07, 6.45) is 3.46. The summed E-state index contributed by atoms with van der Waals surface area (Å²) < 4.78 is 30.2. The molecule has 1 aliphatic carbocycles. The minimum Gasteiger partial charge on any atom is -0.494 e. The number of benzene rings is 1. The predicted molar refractivity (Wildman–Crippen MR) is 131 cm³/mol. The van der Waals surface area contributed by atoms with E-state index in [4.69, 9.17) is 25.8 Å². The molecule has 1 amide bonds. The van der Waals surface area contributed by atoms with E-state index < -0.39 is 11.9 Å². The third-order valence-corrected chi connectivity index (χ3v) is 5.73. The number of pyridine rings is 1. The number of carbonyl (C=O) groups is 1. The minimum absolute atomic E-state index is 0.0509. The van der Waals surface area contributed by atoms with Crippen LogP contribution in [0.3, 0.4) is 0 Å². The van der Waals surface area contributed by atoms with Crippen molar-refractivity contribution in [1.29, 1.82) is 0 Å². The van der Waals surface area contributed by atoms with Crippen molar-refractivity contribution in [3.05, 3.63) is 70.0 Å². The molecular weight excluding hydrogens is 475 g/mol. The molecule has 1 aromatic heterocycles. The summed E-state index contributed by atoms with van der Waals surface area (Å²) in [6.45, 7) is 3.55. The molecule has 188 valence electrons. The zero-order valence-corrected chi connectivity index (χ0v) is 21.0. The highest BCUT2D eigenvalue weighted by Crippen LogP contribution is 2.32. The van der Waals surface area contributed by atoms with E-state index in [0.29, 0.717) is 46.2 Å². The lowest BCUT2D eigenvalue weighted by atomic mass is 10.1. The molecule has 1 fully saturated rings. The molecule has 2 N–H and O–H groups in total. The number of aliphatic hydroxyl groups is 1. The average Bonchev–Trinajstić information content (AvgIpc) is 3.69. The van der Waals surface area contributed by atoms with Crippen LogP contribution in [0.5, 0.6) is 5.75 Å². The number of aliphatic hydroxyl groups excluding tert-OH is 1. The highest BCUT2D eigenvalue weighted by molar-refractivity contribution is 6.31. The van der Waals surface area contributed by atoms with Gasteiger partial charge in [-0.25, -0.2) is 9.37 Å². The molecule has 7 nitrogen and oxygen atoms in total. The number of methoxy groups -OCH3 is 2. The van der Waals surface area contributed by atoms with Crippen molar-refractivity contribution in [3.63, 3.8) is 0 Å². The van der Waals surface area contributed by atoms with Crippen LogP contribution in [0.2, 0.25) is 5.02 Å². The number of allylic oxidation sites excluding steroid dienone is 2. The van der Waals surface area contributed by atoms with Gasteiger partial charge >= 0.3 is 0 Å². The Morgan fingerprint density at radius 1 is 1.31 bits per heavy atom. The Morgan fingerprint density at radius 3 is 2.66 bits per heavy atom. The van der Waals surface area contributed by atoms with Gasteiger partial charge in [-0.15, -0.1) is 0 Å². The lowest BCUT2D eigenvalue weighted by Crippen LogP contribution is -2.29. The van der Waals surface area contributed by atoms with Gasteiger partial charge in [0.05, 0.1) is 31.0 Å². The van der Waals surface area contributed by atoms with Crippen LogP contribution in [0.15, 0.2) is 53.5 Å². The van der Waals surface area contributed by atoms with Crippen LogP contribution >= 0.6 is 11.6 Å². The van der Waals surface area contributed by atoms with Crippen molar-refractivity contribution in [2.24, 2.45) is 0 Å². The maximum absolute atomic E-state index is 13.6. The lowest BCUT2D eigenvalue weighted by Gasteiger charge is -2.15. The summed E-state index contributed by atoms with van der Waals surface area (Å²) in [4.78, 5) is 17.1. The van der Waals surface area contributed by atoms with Gasteiger partial charge in [0.2, 0.25) is 5.91 Å². The van der Waals surface area contributed by atoms with Crippen LogP contribution in [-0.2, 0) is 14.3 Å². The van der Waals surface area contributed by atoms with Crippen molar-refractivity contribution >= 4 is 17.5 Å². The summed E-state index contributed by atoms with van der Waals surface area (Å²) in [5.41, 5.74) is 1.64. The summed E-state index contributed by atoms with van der Waals surface area (Å²) in [6, 6.07) is 7.44. The molecule has 1 unspecified atom stereocenters. The highest BCUT2D eigenvalue weighted by Gasteiger charge is 2.25. The number of amides is 1. The minimum atomic E-state index is -1.09. The maximum Gasteiger partial charge on any atom is 0.247 e. The van der Waals surface area contributed by atoms with Gasteiger partial charge in [-0.1, -0.05) is 18.5 Å². The molecule has 2 aromatic rings. The van der Waals surface area contributed by atoms with Crippen LogP contribution in [0.25, 0.3) is 11.3 Å². The van der Waals surface area contributed by atoms with Crippen LogP contribution in [-0.4, -0.2) is 42.9 Å². The molecule has 0 radical (unpaired) electrons. The van der Waals surface area contributed by atoms with E-state index in [1.807, 2.05) is 6.92 Å². The zero-order valence-electron chi connectivity index (χ0n) is 20.2. The summed E-state index contributed by atoms with van der Waals surface area (Å²) >= 11 is 5.91. The quantitative estimate of drug-likeness (QED) is 0.251. The molecule has 1 aliphatic rings. The van der Waals surface area contributed by atoms with E-state index in [0.717, 1.165) is 12.8 Å². The van der Waals surface area contributed by atoms with Crippen LogP contribution in [0.4, 0.5) is 4.39 Å². The molecular formula is C26H30ClFN2O5. The van der Waals surface area contributed by atoms with Crippen molar-refractivity contribution in [1.82, 2.24) is 10.3 Å². The maximum atomic E-state index is 13.6. The normalized spacial score (nSPS) is 15.2. The van der Waals surface area contributed by atoms with E-state index in [2.05, 4.69) is 10.3 Å². The Kier molecular flexibility index (Phi) is 9.12. The Labute approximate surface area is 209 Å². The predicted octanol–water partition coefficient (Wildman–Crippen LogP) is 5.09. The second kappa shape index (κ2) is 12.0. The van der Waals surface area contributed by atoms with Gasteiger partial charge in [0.25, 0.3) is 0 Å². The van der Waals surface area contributed by atoms with E-state index in [1.54, 1.807) is 25.1 Å². The molecule has 0 aliphatic heterocycles. The Morgan fingerprint density at radius 2 is 2.06 bits per heavy atom. The fraction of sp³-hybridized carbons (Fsp3) is 0.385. The number of aromatic nitrogens is 1.